The molecule has 0 aliphatic carbocycles. The highest BCUT2D eigenvalue weighted by Crippen LogP contribution is 2.30. The van der Waals surface area contributed by atoms with Crippen LogP contribution in [0.2, 0.25) is 5.02 Å². The fourth-order valence-electron chi connectivity index (χ4n) is 3.24. The maximum atomic E-state index is 10.9. The summed E-state index contributed by atoms with van der Waals surface area (Å²) < 4.78 is 1.72. The van der Waals surface area contributed by atoms with Gasteiger partial charge in [0, 0.05) is 33.9 Å². The van der Waals surface area contributed by atoms with Crippen LogP contribution in [0.4, 0.5) is 5.69 Å². The van der Waals surface area contributed by atoms with Crippen molar-refractivity contribution in [1.29, 1.82) is 0 Å². The lowest BCUT2D eigenvalue weighted by Crippen LogP contribution is -1.98. The molecular weight excluding hydrogens is 434 g/mol. The van der Waals surface area contributed by atoms with E-state index in [4.69, 9.17) is 21.6 Å². The summed E-state index contributed by atoms with van der Waals surface area (Å²) in [6.45, 7) is 0. The first-order valence-corrected chi connectivity index (χ1v) is 10.7. The molecule has 9 heteroatoms. The van der Waals surface area contributed by atoms with E-state index in [1.165, 1.54) is 23.9 Å². The number of aromatic nitrogens is 4. The van der Waals surface area contributed by atoms with Crippen molar-refractivity contribution in [2.75, 3.05) is 0 Å². The van der Waals surface area contributed by atoms with Crippen molar-refractivity contribution in [2.24, 2.45) is 0 Å². The van der Waals surface area contributed by atoms with Crippen LogP contribution in [0.25, 0.3) is 27.9 Å². The second-order valence-electron chi connectivity index (χ2n) is 6.77. The maximum absolute atomic E-state index is 10.9. The Balaban J connectivity index is 1.61. The Bertz CT molecular complexity index is 1440. The zero-order chi connectivity index (χ0) is 21.4. The van der Waals surface area contributed by atoms with Crippen LogP contribution in [-0.4, -0.2) is 24.5 Å². The summed E-state index contributed by atoms with van der Waals surface area (Å²) in [5, 5.41) is 17.9. The minimum Gasteiger partial charge on any atom is -0.258 e. The quantitative estimate of drug-likeness (QED) is 0.146. The zero-order valence-electron chi connectivity index (χ0n) is 16.0. The Hall–Kier alpha value is -3.49. The number of rotatable bonds is 5. The highest BCUT2D eigenvalue weighted by atomic mass is 35.5. The van der Waals surface area contributed by atoms with Gasteiger partial charge in [-0.2, -0.15) is 4.52 Å². The van der Waals surface area contributed by atoms with Crippen LogP contribution in [0.1, 0.15) is 5.56 Å². The van der Waals surface area contributed by atoms with Crippen LogP contribution < -0.4 is 0 Å². The SMILES string of the molecule is O=[N+]([O-])c1ccc(-c2nc3c4ccccc4nc(SCc4ccccc4Cl)n3n2)cc1. The number of nitrogens with zero attached hydrogens (tertiary/aromatic N) is 5. The molecule has 0 saturated heterocycles. The largest absolute Gasteiger partial charge is 0.269 e. The molecule has 5 rings (SSSR count). The molecule has 0 aliphatic heterocycles. The molecule has 0 N–H and O–H groups in total. The predicted octanol–water partition coefficient (Wildman–Crippen LogP) is 5.80. The van der Waals surface area contributed by atoms with Crippen molar-refractivity contribution < 1.29 is 4.92 Å². The molecule has 0 bridgehead atoms. The molecule has 0 unspecified atom stereocenters. The summed E-state index contributed by atoms with van der Waals surface area (Å²) in [4.78, 5) is 20.0. The summed E-state index contributed by atoms with van der Waals surface area (Å²) >= 11 is 7.83. The van der Waals surface area contributed by atoms with Gasteiger partial charge < -0.3 is 0 Å². The molecule has 0 fully saturated rings. The molecule has 152 valence electrons. The standard InChI is InChI=1S/C22H14ClN5O2S/c23-18-7-3-1-5-15(18)13-31-22-24-19-8-4-2-6-17(19)21-25-20(26-27(21)22)14-9-11-16(12-10-14)28(29)30/h1-12H,13H2. The van der Waals surface area contributed by atoms with E-state index in [-0.39, 0.29) is 5.69 Å². The third kappa shape index (κ3) is 3.71. The highest BCUT2D eigenvalue weighted by Gasteiger charge is 2.16. The Morgan fingerprint density at radius 1 is 0.968 bits per heavy atom. The summed E-state index contributed by atoms with van der Waals surface area (Å²) in [5.74, 6) is 1.11. The number of hydrogen-bond acceptors (Lipinski definition) is 6. The molecule has 0 radical (unpaired) electrons. The second-order valence-corrected chi connectivity index (χ2v) is 8.12. The first-order valence-electron chi connectivity index (χ1n) is 9.37. The van der Waals surface area contributed by atoms with Crippen LogP contribution in [0.15, 0.2) is 78.0 Å². The topological polar surface area (TPSA) is 86.2 Å². The van der Waals surface area contributed by atoms with Crippen molar-refractivity contribution in [3.8, 4) is 11.4 Å². The summed E-state index contributed by atoms with van der Waals surface area (Å²) in [6.07, 6.45) is 0. The number of para-hydroxylation sites is 1. The number of nitro benzene ring substituents is 1. The van der Waals surface area contributed by atoms with Gasteiger partial charge in [-0.15, -0.1) is 5.10 Å². The Morgan fingerprint density at radius 2 is 1.71 bits per heavy atom. The van der Waals surface area contributed by atoms with Crippen LogP contribution in [-0.2, 0) is 5.75 Å². The predicted molar refractivity (Wildman–Crippen MR) is 121 cm³/mol. The third-order valence-electron chi connectivity index (χ3n) is 4.80. The van der Waals surface area contributed by atoms with E-state index in [9.17, 15) is 10.1 Å². The van der Waals surface area contributed by atoms with Crippen LogP contribution in [0, 0.1) is 10.1 Å². The Labute approximate surface area is 185 Å². The van der Waals surface area contributed by atoms with Crippen molar-refractivity contribution in [1.82, 2.24) is 19.6 Å². The summed E-state index contributed by atoms with van der Waals surface area (Å²) in [5.41, 5.74) is 3.23. The molecule has 0 aliphatic rings. The monoisotopic (exact) mass is 447 g/mol. The summed E-state index contributed by atoms with van der Waals surface area (Å²) in [6, 6.07) is 21.7. The second kappa shape index (κ2) is 7.98. The van der Waals surface area contributed by atoms with E-state index in [1.54, 1.807) is 16.6 Å². The average molecular weight is 448 g/mol. The number of halogens is 1. The maximum Gasteiger partial charge on any atom is 0.269 e. The molecule has 0 atom stereocenters. The van der Waals surface area contributed by atoms with Gasteiger partial charge in [-0.3, -0.25) is 10.1 Å². The van der Waals surface area contributed by atoms with Crippen molar-refractivity contribution in [2.45, 2.75) is 10.9 Å². The Kier molecular flexibility index (Phi) is 5.01. The van der Waals surface area contributed by atoms with Crippen molar-refractivity contribution in [3.63, 3.8) is 0 Å². The molecule has 0 spiro atoms. The lowest BCUT2D eigenvalue weighted by molar-refractivity contribution is -0.384. The van der Waals surface area contributed by atoms with Crippen molar-refractivity contribution in [3.05, 3.63) is 93.5 Å². The number of fused-ring (bicyclic) bond motifs is 3. The molecule has 31 heavy (non-hydrogen) atoms. The van der Waals surface area contributed by atoms with E-state index < -0.39 is 4.92 Å². The Morgan fingerprint density at radius 3 is 2.48 bits per heavy atom. The molecule has 0 saturated carbocycles. The van der Waals surface area contributed by atoms with Gasteiger partial charge in [-0.1, -0.05) is 53.7 Å². The van der Waals surface area contributed by atoms with E-state index >= 15 is 0 Å². The zero-order valence-corrected chi connectivity index (χ0v) is 17.5. The lowest BCUT2D eigenvalue weighted by atomic mass is 10.2. The average Bonchev–Trinajstić information content (AvgIpc) is 3.24. The van der Waals surface area contributed by atoms with Gasteiger partial charge in [0.2, 0.25) is 0 Å². The minimum atomic E-state index is -0.429. The van der Waals surface area contributed by atoms with E-state index in [2.05, 4.69) is 5.10 Å². The molecule has 2 aromatic heterocycles. The third-order valence-corrected chi connectivity index (χ3v) is 6.15. The number of thioether (sulfide) groups is 1. The van der Waals surface area contributed by atoms with E-state index in [0.717, 1.165) is 16.5 Å². The van der Waals surface area contributed by atoms with Crippen LogP contribution >= 0.6 is 23.4 Å². The van der Waals surface area contributed by atoms with Crippen LogP contribution in [0.3, 0.4) is 0 Å². The molecule has 2 heterocycles. The molecule has 7 nitrogen and oxygen atoms in total. The molecular formula is C22H14ClN5O2S. The van der Waals surface area contributed by atoms with Crippen molar-refractivity contribution >= 4 is 45.6 Å². The number of hydrogen-bond donors (Lipinski definition) is 0. The van der Waals surface area contributed by atoms with E-state index in [0.29, 0.717) is 33.0 Å². The van der Waals surface area contributed by atoms with Gasteiger partial charge in [-0.25, -0.2) is 9.97 Å². The number of non-ortho nitro benzene ring substituents is 1. The van der Waals surface area contributed by atoms with Gasteiger partial charge in [0.15, 0.2) is 16.6 Å². The van der Waals surface area contributed by atoms with E-state index in [1.807, 2.05) is 48.5 Å². The van der Waals surface area contributed by atoms with Crippen LogP contribution in [0.5, 0.6) is 0 Å². The highest BCUT2D eigenvalue weighted by molar-refractivity contribution is 7.98. The molecule has 5 aromatic rings. The fourth-order valence-corrected chi connectivity index (χ4v) is 4.47. The van der Waals surface area contributed by atoms with Gasteiger partial charge in [0.1, 0.15) is 0 Å². The first kappa shape index (κ1) is 19.5. The number of benzene rings is 3. The smallest absolute Gasteiger partial charge is 0.258 e. The van der Waals surface area contributed by atoms with Gasteiger partial charge in [0.25, 0.3) is 5.69 Å². The normalized spacial score (nSPS) is 11.3. The minimum absolute atomic E-state index is 0.0237. The molecule has 3 aromatic carbocycles. The lowest BCUT2D eigenvalue weighted by Gasteiger charge is -2.07. The van der Waals surface area contributed by atoms with Gasteiger partial charge in [0.05, 0.1) is 10.4 Å². The first-order chi connectivity index (χ1) is 15.1. The fraction of sp³-hybridized carbons (Fsp3) is 0.0455. The summed E-state index contributed by atoms with van der Waals surface area (Å²) in [7, 11) is 0. The number of nitro groups is 1. The molecule has 0 amide bonds. The van der Waals surface area contributed by atoms with Gasteiger partial charge in [-0.05, 0) is 35.9 Å². The van der Waals surface area contributed by atoms with Gasteiger partial charge >= 0.3 is 0 Å².